The van der Waals surface area contributed by atoms with Crippen LogP contribution in [-0.4, -0.2) is 40.7 Å². The molecule has 140 valence electrons. The van der Waals surface area contributed by atoms with Gasteiger partial charge in [0.2, 0.25) is 5.91 Å². The smallest absolute Gasteiger partial charge is 0.250 e. The third-order valence-corrected chi connectivity index (χ3v) is 5.41. The molecule has 27 heavy (non-hydrogen) atoms. The second-order valence-electron chi connectivity index (χ2n) is 7.21. The van der Waals surface area contributed by atoms with Crippen molar-refractivity contribution in [3.8, 4) is 11.5 Å². The first-order valence-electron chi connectivity index (χ1n) is 9.09. The van der Waals surface area contributed by atoms with Crippen molar-refractivity contribution in [2.45, 2.75) is 18.9 Å². The Labute approximate surface area is 157 Å². The molecule has 6 nitrogen and oxygen atoms in total. The van der Waals surface area contributed by atoms with Gasteiger partial charge in [-0.15, -0.1) is 0 Å². The van der Waals surface area contributed by atoms with E-state index in [0.29, 0.717) is 31.3 Å². The summed E-state index contributed by atoms with van der Waals surface area (Å²) in [6.45, 7) is 1.96. The Morgan fingerprint density at radius 2 is 2.07 bits per heavy atom. The summed E-state index contributed by atoms with van der Waals surface area (Å²) in [7, 11) is 1.49. The molecule has 2 aliphatic rings. The zero-order valence-corrected chi connectivity index (χ0v) is 15.2. The van der Waals surface area contributed by atoms with Crippen molar-refractivity contribution in [3.63, 3.8) is 0 Å². The van der Waals surface area contributed by atoms with Crippen molar-refractivity contribution in [2.75, 3.05) is 20.2 Å². The number of rotatable bonds is 3. The van der Waals surface area contributed by atoms with E-state index in [4.69, 9.17) is 4.74 Å². The van der Waals surface area contributed by atoms with Crippen molar-refractivity contribution in [2.24, 2.45) is 5.92 Å². The van der Waals surface area contributed by atoms with Crippen molar-refractivity contribution >= 4 is 12.0 Å². The summed E-state index contributed by atoms with van der Waals surface area (Å²) in [5, 5.41) is 9.85. The maximum atomic E-state index is 12.7. The fraction of sp³-hybridized carbons (Fsp3) is 0.333. The normalized spacial score (nSPS) is 21.1. The zero-order chi connectivity index (χ0) is 19.0. The van der Waals surface area contributed by atoms with Crippen molar-refractivity contribution < 1.29 is 14.6 Å². The maximum Gasteiger partial charge on any atom is 0.250 e. The second kappa shape index (κ2) is 6.95. The molecule has 0 radical (unpaired) electrons. The number of aromatic hydroxyl groups is 1. The number of carbonyl (C=O) groups is 1. The molecule has 3 heterocycles. The number of amides is 1. The van der Waals surface area contributed by atoms with E-state index in [1.54, 1.807) is 42.5 Å². The summed E-state index contributed by atoms with van der Waals surface area (Å²) < 4.78 is 6.88. The molecule has 2 aliphatic heterocycles. The molecule has 1 fully saturated rings. The standard InChI is InChI=1S/C21H22N2O4/c1-27-19-7-5-14(10-18(19)24)6-8-20(25)22-11-15-9-16(13-22)17-3-2-4-21(26)23(17)12-15/h2-8,10,15-16,24H,9,11-13H2,1H3/b8-6+/t15-,16-/m1/s1. The fourth-order valence-corrected chi connectivity index (χ4v) is 4.16. The predicted molar refractivity (Wildman–Crippen MR) is 102 cm³/mol. The molecule has 1 saturated heterocycles. The second-order valence-corrected chi connectivity index (χ2v) is 7.21. The number of aromatic nitrogens is 1. The number of likely N-dealkylation sites (tertiary alicyclic amines) is 1. The number of phenols is 1. The molecule has 1 aromatic carbocycles. The summed E-state index contributed by atoms with van der Waals surface area (Å²) in [5.41, 5.74) is 1.80. The Morgan fingerprint density at radius 1 is 1.22 bits per heavy atom. The lowest BCUT2D eigenvalue weighted by atomic mass is 9.83. The SMILES string of the molecule is COc1ccc(/C=C/C(=O)N2C[C@H]3C[C@H](C2)c2cccc(=O)n2C3)cc1O. The number of carbonyl (C=O) groups excluding carboxylic acids is 1. The summed E-state index contributed by atoms with van der Waals surface area (Å²) in [4.78, 5) is 26.6. The third-order valence-electron chi connectivity index (χ3n) is 5.41. The number of piperidine rings is 1. The van der Waals surface area contributed by atoms with Crippen LogP contribution >= 0.6 is 0 Å². The van der Waals surface area contributed by atoms with Crippen LogP contribution in [0.5, 0.6) is 11.5 Å². The quantitative estimate of drug-likeness (QED) is 0.846. The molecule has 0 spiro atoms. The van der Waals surface area contributed by atoms with Gasteiger partial charge in [0.15, 0.2) is 11.5 Å². The Morgan fingerprint density at radius 3 is 2.85 bits per heavy atom. The average molecular weight is 366 g/mol. The Kier molecular flexibility index (Phi) is 4.48. The van der Waals surface area contributed by atoms with Crippen molar-refractivity contribution in [1.29, 1.82) is 0 Å². The number of nitrogens with zero attached hydrogens (tertiary/aromatic N) is 2. The molecule has 0 unspecified atom stereocenters. The van der Waals surface area contributed by atoms with Crippen molar-refractivity contribution in [1.82, 2.24) is 9.47 Å². The molecule has 1 N–H and O–H groups in total. The minimum atomic E-state index is -0.0493. The van der Waals surface area contributed by atoms with Gasteiger partial charge in [-0.1, -0.05) is 12.1 Å². The lowest BCUT2D eigenvalue weighted by Gasteiger charge is -2.42. The molecular weight excluding hydrogens is 344 g/mol. The van der Waals surface area contributed by atoms with Crippen LogP contribution in [0.3, 0.4) is 0 Å². The van der Waals surface area contributed by atoms with Crippen LogP contribution in [0.15, 0.2) is 47.3 Å². The molecule has 0 saturated carbocycles. The summed E-state index contributed by atoms with van der Waals surface area (Å²) >= 11 is 0. The van der Waals surface area contributed by atoms with Crippen LogP contribution in [0.1, 0.15) is 23.6 Å². The van der Waals surface area contributed by atoms with Crippen LogP contribution < -0.4 is 10.3 Å². The lowest BCUT2D eigenvalue weighted by Crippen LogP contribution is -2.48. The van der Waals surface area contributed by atoms with E-state index in [9.17, 15) is 14.7 Å². The highest BCUT2D eigenvalue weighted by molar-refractivity contribution is 5.92. The molecule has 6 heteroatoms. The molecule has 2 aromatic rings. The lowest BCUT2D eigenvalue weighted by molar-refractivity contribution is -0.128. The largest absolute Gasteiger partial charge is 0.504 e. The zero-order valence-electron chi connectivity index (χ0n) is 15.2. The van der Waals surface area contributed by atoms with Gasteiger partial charge in [0.1, 0.15) is 0 Å². The number of phenolic OH excluding ortho intramolecular Hbond substituents is 1. The summed E-state index contributed by atoms with van der Waals surface area (Å²) in [5.74, 6) is 0.900. The number of benzene rings is 1. The van der Waals surface area contributed by atoms with Gasteiger partial charge in [-0.3, -0.25) is 9.59 Å². The van der Waals surface area contributed by atoms with Crippen LogP contribution in [0.25, 0.3) is 6.08 Å². The predicted octanol–water partition coefficient (Wildman–Crippen LogP) is 2.22. The van der Waals surface area contributed by atoms with Gasteiger partial charge in [0, 0.05) is 43.4 Å². The highest BCUT2D eigenvalue weighted by Gasteiger charge is 2.35. The first kappa shape index (κ1) is 17.4. The number of hydrogen-bond donors (Lipinski definition) is 1. The Bertz CT molecular complexity index is 963. The van der Waals surface area contributed by atoms with Crippen LogP contribution in [-0.2, 0) is 11.3 Å². The average Bonchev–Trinajstić information content (AvgIpc) is 2.67. The highest BCUT2D eigenvalue weighted by Crippen LogP contribution is 2.35. The van der Waals surface area contributed by atoms with Gasteiger partial charge < -0.3 is 19.3 Å². The van der Waals surface area contributed by atoms with Crippen LogP contribution in [0.4, 0.5) is 0 Å². The molecule has 1 amide bonds. The summed E-state index contributed by atoms with van der Waals surface area (Å²) in [6.07, 6.45) is 4.26. The van der Waals surface area contributed by atoms with E-state index in [1.165, 1.54) is 7.11 Å². The monoisotopic (exact) mass is 366 g/mol. The molecule has 0 aliphatic carbocycles. The molecule has 1 aromatic heterocycles. The molecule has 4 rings (SSSR count). The number of hydrogen-bond acceptors (Lipinski definition) is 4. The van der Waals surface area contributed by atoms with Crippen LogP contribution in [0.2, 0.25) is 0 Å². The Hall–Kier alpha value is -3.02. The Balaban J connectivity index is 1.49. The summed E-state index contributed by atoms with van der Waals surface area (Å²) in [6, 6.07) is 10.4. The highest BCUT2D eigenvalue weighted by atomic mass is 16.5. The van der Waals surface area contributed by atoms with Gasteiger partial charge in [-0.05, 0) is 42.2 Å². The van der Waals surface area contributed by atoms with Crippen LogP contribution in [0, 0.1) is 5.92 Å². The minimum absolute atomic E-state index is 0.0428. The van der Waals surface area contributed by atoms with Gasteiger partial charge in [0.25, 0.3) is 5.56 Å². The molecule has 2 bridgehead atoms. The third kappa shape index (κ3) is 3.35. The van der Waals surface area contributed by atoms with Gasteiger partial charge in [0.05, 0.1) is 7.11 Å². The minimum Gasteiger partial charge on any atom is -0.504 e. The van der Waals surface area contributed by atoms with E-state index in [1.807, 2.05) is 15.5 Å². The van der Waals surface area contributed by atoms with E-state index < -0.39 is 0 Å². The van der Waals surface area contributed by atoms with Gasteiger partial charge in [-0.25, -0.2) is 0 Å². The topological polar surface area (TPSA) is 71.8 Å². The fourth-order valence-electron chi connectivity index (χ4n) is 4.16. The molecular formula is C21H22N2O4. The number of fused-ring (bicyclic) bond motifs is 4. The maximum absolute atomic E-state index is 12.7. The van der Waals surface area contributed by atoms with Gasteiger partial charge in [-0.2, -0.15) is 0 Å². The van der Waals surface area contributed by atoms with E-state index in [0.717, 1.165) is 17.7 Å². The number of pyridine rings is 1. The molecule has 2 atom stereocenters. The number of methoxy groups -OCH3 is 1. The number of ether oxygens (including phenoxy) is 1. The van der Waals surface area contributed by atoms with E-state index in [-0.39, 0.29) is 23.1 Å². The van der Waals surface area contributed by atoms with Crippen molar-refractivity contribution in [3.05, 3.63) is 64.1 Å². The van der Waals surface area contributed by atoms with Gasteiger partial charge >= 0.3 is 0 Å². The first-order chi connectivity index (χ1) is 13.0. The van der Waals surface area contributed by atoms with E-state index >= 15 is 0 Å². The van der Waals surface area contributed by atoms with E-state index in [2.05, 4.69) is 0 Å². The first-order valence-corrected chi connectivity index (χ1v) is 9.09.